The average Bonchev–Trinajstić information content (AvgIpc) is 3.21. The van der Waals surface area contributed by atoms with Crippen LogP contribution in [0.1, 0.15) is 19.0 Å². The summed E-state index contributed by atoms with van der Waals surface area (Å²) in [6.07, 6.45) is 7.93. The van der Waals surface area contributed by atoms with Crippen LogP contribution in [0.25, 0.3) is 28.1 Å². The van der Waals surface area contributed by atoms with E-state index in [0.717, 1.165) is 29.0 Å². The van der Waals surface area contributed by atoms with Gasteiger partial charge in [0.25, 0.3) is 5.52 Å². The van der Waals surface area contributed by atoms with Crippen molar-refractivity contribution in [2.24, 2.45) is 5.92 Å². The van der Waals surface area contributed by atoms with Crippen molar-refractivity contribution in [1.29, 1.82) is 0 Å². The molecule has 2 aromatic carbocycles. The third kappa shape index (κ3) is 2.33. The van der Waals surface area contributed by atoms with E-state index in [2.05, 4.69) is 95.1 Å². The van der Waals surface area contributed by atoms with Gasteiger partial charge in [0, 0.05) is 51.5 Å². The van der Waals surface area contributed by atoms with Crippen molar-refractivity contribution in [2.75, 3.05) is 0 Å². The van der Waals surface area contributed by atoms with Gasteiger partial charge in [0.15, 0.2) is 6.20 Å². The minimum atomic E-state index is -0.425. The van der Waals surface area contributed by atoms with Gasteiger partial charge in [-0.05, 0) is 36.6 Å². The van der Waals surface area contributed by atoms with Crippen molar-refractivity contribution in [3.8, 4) is 11.5 Å². The number of thioether (sulfide) groups is 2. The largest absolute Gasteiger partial charge is 0.473 e. The number of rotatable bonds is 0. The predicted molar refractivity (Wildman–Crippen MR) is 125 cm³/mol. The first-order chi connectivity index (χ1) is 15.3. The van der Waals surface area contributed by atoms with Crippen LogP contribution >= 0.6 is 23.5 Å². The molecule has 3 nitrogen and oxygen atoms in total. The Balaban J connectivity index is 1.62. The van der Waals surface area contributed by atoms with Gasteiger partial charge in [0.2, 0.25) is 11.3 Å². The quantitative estimate of drug-likeness (QED) is 0.315. The van der Waals surface area contributed by atoms with Gasteiger partial charge in [-0.1, -0.05) is 47.9 Å². The number of pyridine rings is 1. The van der Waals surface area contributed by atoms with Gasteiger partial charge < -0.3 is 4.42 Å². The summed E-state index contributed by atoms with van der Waals surface area (Å²) >= 11 is 3.89. The Bertz CT molecular complexity index is 1450. The van der Waals surface area contributed by atoms with Crippen LogP contribution < -0.4 is 9.13 Å². The SMILES string of the molecule is CC1CC=CC2=C1SC1(Sc3ccccc3-c3oc4ccccc4[n+]31)[n+]1ccccc12. The second-order valence-corrected chi connectivity index (χ2v) is 10.9. The Labute approximate surface area is 189 Å². The molecule has 150 valence electrons. The van der Waals surface area contributed by atoms with Crippen LogP contribution in [0.3, 0.4) is 0 Å². The summed E-state index contributed by atoms with van der Waals surface area (Å²) in [6, 6.07) is 23.5. The molecule has 0 fully saturated rings. The van der Waals surface area contributed by atoms with Crippen molar-refractivity contribution >= 4 is 40.2 Å². The Hall–Kier alpha value is -2.76. The van der Waals surface area contributed by atoms with E-state index in [0.29, 0.717) is 5.92 Å². The molecule has 1 aliphatic carbocycles. The van der Waals surface area contributed by atoms with Gasteiger partial charge in [-0.2, -0.15) is 0 Å². The topological polar surface area (TPSA) is 20.9 Å². The van der Waals surface area contributed by atoms with E-state index in [9.17, 15) is 0 Å². The summed E-state index contributed by atoms with van der Waals surface area (Å²) in [6.45, 7) is 2.35. The molecule has 5 heteroatoms. The van der Waals surface area contributed by atoms with Crippen LogP contribution in [0.15, 0.2) is 99.3 Å². The molecule has 0 amide bonds. The standard InChI is InChI=1S/C26H20N2OS2/c1-17-9-8-11-18-20-12-6-7-16-27(20)26(31-24(17)18)28-21-13-3-4-14-22(21)29-25(28)19-10-2-5-15-23(19)30-26/h2-8,10-17H,9H2,1H3/q+2. The van der Waals surface area contributed by atoms with E-state index in [1.165, 1.54) is 21.1 Å². The molecular weight excluding hydrogens is 420 g/mol. The number of oxazole rings is 1. The molecule has 1 spiro atoms. The van der Waals surface area contributed by atoms with Crippen molar-refractivity contribution in [3.05, 3.63) is 95.7 Å². The molecule has 2 unspecified atom stereocenters. The van der Waals surface area contributed by atoms with E-state index >= 15 is 0 Å². The van der Waals surface area contributed by atoms with Gasteiger partial charge >= 0.3 is 10.2 Å². The van der Waals surface area contributed by atoms with Crippen molar-refractivity contribution in [3.63, 3.8) is 0 Å². The zero-order valence-electron chi connectivity index (χ0n) is 17.0. The molecule has 2 aromatic heterocycles. The first-order valence-electron chi connectivity index (χ1n) is 10.6. The number of nitrogens with zero attached hydrogens (tertiary/aromatic N) is 2. The Morgan fingerprint density at radius 1 is 0.968 bits per heavy atom. The number of para-hydroxylation sites is 2. The summed E-state index contributed by atoms with van der Waals surface area (Å²) in [5, 5.41) is 0. The van der Waals surface area contributed by atoms with Crippen LogP contribution in [0.2, 0.25) is 0 Å². The Kier molecular flexibility index (Phi) is 3.68. The monoisotopic (exact) mass is 440 g/mol. The number of allylic oxidation sites excluding steroid dienone is 4. The molecule has 0 radical (unpaired) electrons. The molecule has 31 heavy (non-hydrogen) atoms. The Morgan fingerprint density at radius 2 is 1.81 bits per heavy atom. The smallest absolute Gasteiger partial charge is 0.397 e. The highest BCUT2D eigenvalue weighted by atomic mass is 32.2. The van der Waals surface area contributed by atoms with Gasteiger partial charge in [-0.3, -0.25) is 0 Å². The summed E-state index contributed by atoms with van der Waals surface area (Å²) in [5.74, 6) is 1.42. The number of fused-ring (bicyclic) bond motifs is 9. The molecule has 3 aliphatic rings. The number of aromatic nitrogens is 2. The maximum Gasteiger partial charge on any atom is 0.473 e. The zero-order valence-corrected chi connectivity index (χ0v) is 18.6. The highest BCUT2D eigenvalue weighted by Gasteiger charge is 2.64. The summed E-state index contributed by atoms with van der Waals surface area (Å²) in [5.41, 5.74) is 5.81. The normalized spacial score (nSPS) is 23.5. The number of hydrogen-bond acceptors (Lipinski definition) is 3. The van der Waals surface area contributed by atoms with Crippen LogP contribution in [-0.2, 0) is 4.33 Å². The van der Waals surface area contributed by atoms with Crippen LogP contribution in [-0.4, -0.2) is 0 Å². The van der Waals surface area contributed by atoms with Crippen LogP contribution in [0.5, 0.6) is 0 Å². The van der Waals surface area contributed by atoms with Crippen molar-refractivity contribution < 1.29 is 13.6 Å². The number of benzene rings is 2. The summed E-state index contributed by atoms with van der Waals surface area (Å²) < 4.78 is 10.9. The van der Waals surface area contributed by atoms with Gasteiger partial charge in [0.1, 0.15) is 5.56 Å². The van der Waals surface area contributed by atoms with Crippen molar-refractivity contribution in [2.45, 2.75) is 22.6 Å². The third-order valence-corrected chi connectivity index (χ3v) is 9.54. The fraction of sp³-hybridized carbons (Fsp3) is 0.154. The average molecular weight is 441 g/mol. The fourth-order valence-electron chi connectivity index (χ4n) is 4.90. The third-order valence-electron chi connectivity index (χ3n) is 6.33. The van der Waals surface area contributed by atoms with E-state index in [1.54, 1.807) is 0 Å². The lowest BCUT2D eigenvalue weighted by Crippen LogP contribution is -2.73. The molecule has 0 saturated heterocycles. The molecule has 2 aliphatic heterocycles. The van der Waals surface area contributed by atoms with Crippen LogP contribution in [0, 0.1) is 5.92 Å². The summed E-state index contributed by atoms with van der Waals surface area (Å²) in [7, 11) is 0. The summed E-state index contributed by atoms with van der Waals surface area (Å²) in [4.78, 5) is 2.71. The van der Waals surface area contributed by atoms with E-state index < -0.39 is 4.33 Å². The van der Waals surface area contributed by atoms with Gasteiger partial charge in [-0.15, -0.1) is 4.57 Å². The van der Waals surface area contributed by atoms with E-state index in [1.807, 2.05) is 29.6 Å². The minimum absolute atomic E-state index is 0.425. The number of hydrogen-bond donors (Lipinski definition) is 0. The Morgan fingerprint density at radius 3 is 2.77 bits per heavy atom. The lowest BCUT2D eigenvalue weighted by atomic mass is 9.95. The van der Waals surface area contributed by atoms with Gasteiger partial charge in [0.05, 0.1) is 5.57 Å². The predicted octanol–water partition coefficient (Wildman–Crippen LogP) is 5.95. The molecule has 2 atom stereocenters. The van der Waals surface area contributed by atoms with Gasteiger partial charge in [-0.25, -0.2) is 0 Å². The highest BCUT2D eigenvalue weighted by Crippen LogP contribution is 2.56. The first kappa shape index (κ1) is 17.9. The lowest BCUT2D eigenvalue weighted by Gasteiger charge is -2.33. The molecule has 0 bridgehead atoms. The minimum Gasteiger partial charge on any atom is -0.397 e. The zero-order chi connectivity index (χ0) is 20.6. The molecule has 4 heterocycles. The fourth-order valence-corrected chi connectivity index (χ4v) is 8.23. The maximum absolute atomic E-state index is 6.52. The highest BCUT2D eigenvalue weighted by molar-refractivity contribution is 8.18. The second kappa shape index (κ2) is 6.38. The molecular formula is C26H20N2OS2+2. The van der Waals surface area contributed by atoms with E-state index in [-0.39, 0.29) is 0 Å². The van der Waals surface area contributed by atoms with Crippen LogP contribution in [0.4, 0.5) is 0 Å². The van der Waals surface area contributed by atoms with Crippen molar-refractivity contribution in [1.82, 2.24) is 0 Å². The molecule has 0 N–H and O–H groups in total. The molecule has 0 saturated carbocycles. The second-order valence-electron chi connectivity index (χ2n) is 8.23. The van der Waals surface area contributed by atoms with E-state index in [4.69, 9.17) is 4.42 Å². The maximum atomic E-state index is 6.52. The first-order valence-corrected chi connectivity index (χ1v) is 12.2. The molecule has 7 rings (SSSR count). The molecule has 4 aromatic rings. The lowest BCUT2D eigenvalue weighted by molar-refractivity contribution is -0.922.